The van der Waals surface area contributed by atoms with Crippen molar-refractivity contribution >= 4 is 11.8 Å². The summed E-state index contributed by atoms with van der Waals surface area (Å²) in [4.78, 5) is 12.5. The van der Waals surface area contributed by atoms with Gasteiger partial charge in [-0.15, -0.1) is 0 Å². The summed E-state index contributed by atoms with van der Waals surface area (Å²) < 4.78 is 16.9. The summed E-state index contributed by atoms with van der Waals surface area (Å²) in [6, 6.07) is 6.73. The number of anilines is 1. The summed E-state index contributed by atoms with van der Waals surface area (Å²) in [5.41, 5.74) is 6.54. The van der Waals surface area contributed by atoms with E-state index in [0.717, 1.165) is 23.1 Å². The second kappa shape index (κ2) is 11.3. The van der Waals surface area contributed by atoms with Crippen molar-refractivity contribution in [1.29, 1.82) is 0 Å². The van der Waals surface area contributed by atoms with E-state index in [-0.39, 0.29) is 28.4 Å². The molecule has 0 saturated carbocycles. The Morgan fingerprint density at radius 2 is 1.83 bits per heavy atom. The van der Waals surface area contributed by atoms with Gasteiger partial charge in [0, 0.05) is 12.0 Å². The van der Waals surface area contributed by atoms with E-state index in [1.165, 1.54) is 18.3 Å². The van der Waals surface area contributed by atoms with Crippen molar-refractivity contribution < 1.29 is 19.1 Å². The molecule has 0 spiro atoms. The highest BCUT2D eigenvalue weighted by molar-refractivity contribution is 5.57. The molecule has 1 unspecified atom stereocenters. The molecule has 3 rings (SSSR count). The van der Waals surface area contributed by atoms with Crippen LogP contribution in [-0.2, 0) is 4.74 Å². The van der Waals surface area contributed by atoms with Crippen molar-refractivity contribution in [2.75, 3.05) is 12.3 Å². The molecule has 1 aliphatic heterocycles. The van der Waals surface area contributed by atoms with E-state index in [2.05, 4.69) is 32.1 Å². The van der Waals surface area contributed by atoms with Gasteiger partial charge in [0.1, 0.15) is 0 Å². The summed E-state index contributed by atoms with van der Waals surface area (Å²) in [5.74, 6) is 0.718. The molecule has 0 fully saturated rings. The molecule has 1 atom stereocenters. The minimum Gasteiger partial charge on any atom is -0.733 e. The molecule has 186 valence electrons. The maximum absolute atomic E-state index is 12.5. The van der Waals surface area contributed by atoms with E-state index < -0.39 is 0 Å². The molecule has 0 bridgehead atoms. The van der Waals surface area contributed by atoms with E-state index in [0.29, 0.717) is 23.3 Å². The number of nitrogens with zero attached hydrogens (tertiary/aromatic N) is 1. The van der Waals surface area contributed by atoms with Gasteiger partial charge in [-0.2, -0.15) is 0 Å². The quantitative estimate of drug-likeness (QED) is 0.333. The summed E-state index contributed by atoms with van der Waals surface area (Å²) in [5, 5.41) is 19.7. The Morgan fingerprint density at radius 1 is 1.14 bits per heavy atom. The van der Waals surface area contributed by atoms with Crippen molar-refractivity contribution in [1.82, 2.24) is 0 Å². The maximum atomic E-state index is 12.5. The van der Waals surface area contributed by atoms with Crippen LogP contribution in [0, 0.1) is 19.1 Å². The Balaban J connectivity index is 1.65. The van der Waals surface area contributed by atoms with Gasteiger partial charge < -0.3 is 24.3 Å². The first-order valence-corrected chi connectivity index (χ1v) is 11.4. The number of hydrogen-bond acceptors (Lipinski definition) is 7. The van der Waals surface area contributed by atoms with Gasteiger partial charge >= 0.3 is 0 Å². The van der Waals surface area contributed by atoms with Gasteiger partial charge in [-0.3, -0.25) is 10.0 Å². The molecule has 0 aliphatic carbocycles. The van der Waals surface area contributed by atoms with Crippen molar-refractivity contribution in [3.05, 3.63) is 103 Å². The van der Waals surface area contributed by atoms with E-state index in [4.69, 9.17) is 19.1 Å². The fourth-order valence-electron chi connectivity index (χ4n) is 4.22. The van der Waals surface area contributed by atoms with E-state index in [1.54, 1.807) is 44.4 Å². The third-order valence-electron chi connectivity index (χ3n) is 5.81. The van der Waals surface area contributed by atoms with Gasteiger partial charge in [0.25, 0.3) is 5.95 Å². The summed E-state index contributed by atoms with van der Waals surface area (Å²) in [6.07, 6.45) is 9.01. The first kappa shape index (κ1) is 26.1. The SMILES string of the molecule is COc1oc(C2CC(C=C(C)C=C(C)CC(C)=Cc3ccc(N([O-])O)cc3)=CO2)c(C)c(=O)c1C. The predicted molar refractivity (Wildman–Crippen MR) is 137 cm³/mol. The van der Waals surface area contributed by atoms with Crippen LogP contribution in [0.4, 0.5) is 5.69 Å². The number of allylic oxidation sites excluding steroid dienone is 5. The minimum absolute atomic E-state index is 0.0921. The molecule has 0 saturated heterocycles. The molecule has 0 amide bonds. The number of benzene rings is 1. The zero-order valence-corrected chi connectivity index (χ0v) is 21.0. The highest BCUT2D eigenvalue weighted by Gasteiger charge is 2.27. The molecule has 2 heterocycles. The average molecular weight is 479 g/mol. The summed E-state index contributed by atoms with van der Waals surface area (Å²) in [7, 11) is 1.48. The highest BCUT2D eigenvalue weighted by Crippen LogP contribution is 2.35. The van der Waals surface area contributed by atoms with Gasteiger partial charge in [-0.1, -0.05) is 47.1 Å². The molecule has 1 aromatic carbocycles. The lowest BCUT2D eigenvalue weighted by atomic mass is 10.0. The monoisotopic (exact) mass is 478 g/mol. The zero-order chi connectivity index (χ0) is 25.7. The summed E-state index contributed by atoms with van der Waals surface area (Å²) in [6.45, 7) is 9.61. The van der Waals surface area contributed by atoms with Crippen LogP contribution in [0.2, 0.25) is 0 Å². The summed E-state index contributed by atoms with van der Waals surface area (Å²) >= 11 is 0. The lowest BCUT2D eigenvalue weighted by molar-refractivity contribution is 0.134. The Hall–Kier alpha value is -3.55. The van der Waals surface area contributed by atoms with Gasteiger partial charge in [-0.05, 0) is 64.3 Å². The van der Waals surface area contributed by atoms with Gasteiger partial charge in [0.15, 0.2) is 17.3 Å². The molecular formula is C28H32NO6-. The lowest BCUT2D eigenvalue weighted by Gasteiger charge is -2.21. The predicted octanol–water partition coefficient (Wildman–Crippen LogP) is 6.69. The van der Waals surface area contributed by atoms with Crippen molar-refractivity contribution in [3.63, 3.8) is 0 Å². The molecule has 1 aromatic heterocycles. The molecule has 7 heteroatoms. The zero-order valence-electron chi connectivity index (χ0n) is 21.0. The number of rotatable bonds is 8. The van der Waals surface area contributed by atoms with Gasteiger partial charge in [0.2, 0.25) is 0 Å². The maximum Gasteiger partial charge on any atom is 0.291 e. The smallest absolute Gasteiger partial charge is 0.291 e. The minimum atomic E-state index is -0.364. The van der Waals surface area contributed by atoms with Crippen LogP contribution in [0.3, 0.4) is 0 Å². The fourth-order valence-corrected chi connectivity index (χ4v) is 4.22. The first-order valence-electron chi connectivity index (χ1n) is 11.4. The van der Waals surface area contributed by atoms with Crippen molar-refractivity contribution in [2.45, 2.75) is 53.6 Å². The second-order valence-electron chi connectivity index (χ2n) is 8.97. The molecule has 2 aromatic rings. The molecule has 7 nitrogen and oxygen atoms in total. The van der Waals surface area contributed by atoms with Crippen molar-refractivity contribution in [2.24, 2.45) is 0 Å². The lowest BCUT2D eigenvalue weighted by Crippen LogP contribution is -2.15. The Morgan fingerprint density at radius 3 is 2.46 bits per heavy atom. The molecule has 1 N–H and O–H groups in total. The van der Waals surface area contributed by atoms with Crippen LogP contribution in [0.15, 0.2) is 74.2 Å². The van der Waals surface area contributed by atoms with Crippen LogP contribution < -0.4 is 15.4 Å². The van der Waals surface area contributed by atoms with Crippen LogP contribution in [0.1, 0.15) is 62.2 Å². The standard InChI is InChI=1S/C28H32NO6/c1-17(11-18(2)13-22-7-9-24(10-8-22)29(31)32)12-19(3)14-23-15-25(34-16-23)27-20(4)26(30)21(5)28(33-6)35-27/h7-10,12-14,16,25,31H,11,15H2,1-6H3/q-1. The Bertz CT molecular complexity index is 1250. The fraction of sp³-hybridized carbons (Fsp3) is 0.321. The van der Waals surface area contributed by atoms with Crippen LogP contribution in [0.25, 0.3) is 6.08 Å². The largest absolute Gasteiger partial charge is 0.733 e. The second-order valence-corrected chi connectivity index (χ2v) is 8.97. The number of ether oxygens (including phenoxy) is 2. The van der Waals surface area contributed by atoms with Gasteiger partial charge in [0.05, 0.1) is 24.6 Å². The molecule has 0 radical (unpaired) electrons. The first-order chi connectivity index (χ1) is 16.6. The number of hydrogen-bond donors (Lipinski definition) is 1. The van der Waals surface area contributed by atoms with Gasteiger partial charge in [-0.25, -0.2) is 0 Å². The van der Waals surface area contributed by atoms with Crippen LogP contribution in [0.5, 0.6) is 5.95 Å². The Labute approximate surface area is 205 Å². The average Bonchev–Trinajstić information content (AvgIpc) is 3.25. The van der Waals surface area contributed by atoms with E-state index >= 15 is 0 Å². The molecular weight excluding hydrogens is 446 g/mol. The van der Waals surface area contributed by atoms with Crippen molar-refractivity contribution in [3.8, 4) is 5.95 Å². The normalized spacial score (nSPS) is 16.7. The van der Waals surface area contributed by atoms with Crippen LogP contribution >= 0.6 is 0 Å². The third kappa shape index (κ3) is 6.53. The Kier molecular flexibility index (Phi) is 8.38. The highest BCUT2D eigenvalue weighted by atomic mass is 16.8. The van der Waals surface area contributed by atoms with E-state index in [1.807, 2.05) is 6.92 Å². The molecule has 1 aliphatic rings. The third-order valence-corrected chi connectivity index (χ3v) is 5.81. The molecule has 35 heavy (non-hydrogen) atoms. The van der Waals surface area contributed by atoms with Crippen LogP contribution in [-0.4, -0.2) is 12.3 Å². The number of methoxy groups -OCH3 is 1. The topological polar surface area (TPSA) is 95.2 Å². The van der Waals surface area contributed by atoms with E-state index in [9.17, 15) is 10.0 Å².